The zero-order valence-corrected chi connectivity index (χ0v) is 23.4. The number of carbonyl (C=O) groups is 4. The Bertz CT molecular complexity index is 1410. The summed E-state index contributed by atoms with van der Waals surface area (Å²) in [5, 5.41) is 22.9. The Labute approximate surface area is 239 Å². The monoisotopic (exact) mass is 604 g/mol. The molecule has 41 heavy (non-hydrogen) atoms. The molecule has 2 fully saturated rings. The Hall–Kier alpha value is -3.88. The number of hydrogen-bond acceptors (Lipinski definition) is 16. The number of thioether (sulfide) groups is 2. The molecule has 216 valence electrons. The average molecular weight is 605 g/mol. The van der Waals surface area contributed by atoms with E-state index in [-0.39, 0.29) is 24.5 Å². The molecule has 0 spiro atoms. The first-order valence-corrected chi connectivity index (χ1v) is 14.4. The number of esters is 2. The average Bonchev–Trinajstić information content (AvgIpc) is 3.57. The molecule has 6 heterocycles. The number of ether oxygens (including phenoxy) is 2. The Balaban J connectivity index is 1.19. The van der Waals surface area contributed by atoms with Gasteiger partial charge >= 0.3 is 11.9 Å². The van der Waals surface area contributed by atoms with E-state index in [1.807, 2.05) is 0 Å². The molecule has 18 nitrogen and oxygen atoms in total. The molecule has 4 aliphatic rings. The fraction of sp³-hybridized carbons (Fsp3) is 0.524. The standard InChI is InChI=1S/C21H24N12O6S2/c1-8-24-28-30(26-8)3-10-5-40-18-12(22)16(34)32(18)14(10)20(36)38-7-39-21(37)15-11(4-31-27-9(2)25-29-31)6-41-19-13(23)17(35)33(15)19/h12-13,18-19H,3-7,22-23H2,1-2H3/t12-,13-,18-,19-/m1/s1. The second-order valence-electron chi connectivity index (χ2n) is 9.49. The summed E-state index contributed by atoms with van der Waals surface area (Å²) in [4.78, 5) is 56.7. The number of nitrogens with two attached hydrogens (primary N) is 2. The van der Waals surface area contributed by atoms with Gasteiger partial charge in [-0.15, -0.1) is 43.9 Å². The lowest BCUT2D eigenvalue weighted by Gasteiger charge is -2.48. The van der Waals surface area contributed by atoms with Gasteiger partial charge in [-0.2, -0.15) is 9.59 Å². The number of β-lactam (4-membered cyclic amide) rings is 2. The van der Waals surface area contributed by atoms with E-state index in [0.717, 1.165) is 0 Å². The van der Waals surface area contributed by atoms with Crippen molar-refractivity contribution in [3.8, 4) is 0 Å². The third-order valence-corrected chi connectivity index (χ3v) is 9.44. The molecule has 2 aromatic heterocycles. The van der Waals surface area contributed by atoms with E-state index in [2.05, 4.69) is 30.8 Å². The van der Waals surface area contributed by atoms with Crippen LogP contribution in [0.5, 0.6) is 0 Å². The molecule has 2 saturated heterocycles. The predicted molar refractivity (Wildman–Crippen MR) is 138 cm³/mol. The van der Waals surface area contributed by atoms with Crippen LogP contribution in [0.4, 0.5) is 0 Å². The molecule has 0 saturated carbocycles. The van der Waals surface area contributed by atoms with Gasteiger partial charge in [-0.3, -0.25) is 19.4 Å². The Morgan fingerprint density at radius 1 is 0.805 bits per heavy atom. The number of aryl methyl sites for hydroxylation is 2. The van der Waals surface area contributed by atoms with E-state index in [1.165, 1.54) is 42.9 Å². The van der Waals surface area contributed by atoms with Crippen molar-refractivity contribution in [3.05, 3.63) is 34.2 Å². The lowest BCUT2D eigenvalue weighted by molar-refractivity contribution is -0.168. The summed E-state index contributed by atoms with van der Waals surface area (Å²) in [6.45, 7) is 2.75. The summed E-state index contributed by atoms with van der Waals surface area (Å²) < 4.78 is 10.6. The van der Waals surface area contributed by atoms with Gasteiger partial charge in [0.1, 0.15) is 34.2 Å². The second-order valence-corrected chi connectivity index (χ2v) is 11.7. The molecule has 2 amide bonds. The highest BCUT2D eigenvalue weighted by Crippen LogP contribution is 2.41. The van der Waals surface area contributed by atoms with Crippen LogP contribution in [-0.4, -0.2) is 115 Å². The molecule has 0 bridgehead atoms. The number of tetrazole rings is 2. The molecule has 0 aliphatic carbocycles. The van der Waals surface area contributed by atoms with E-state index in [4.69, 9.17) is 20.9 Å². The summed E-state index contributed by atoms with van der Waals surface area (Å²) in [5.74, 6) is -1.01. The zero-order chi connectivity index (χ0) is 29.0. The van der Waals surface area contributed by atoms with Crippen LogP contribution in [0, 0.1) is 13.8 Å². The van der Waals surface area contributed by atoms with E-state index in [0.29, 0.717) is 34.3 Å². The maximum Gasteiger partial charge on any atom is 0.358 e. The van der Waals surface area contributed by atoms with Crippen molar-refractivity contribution < 1.29 is 28.7 Å². The third-order valence-electron chi connectivity index (χ3n) is 6.71. The molecule has 4 aliphatic heterocycles. The van der Waals surface area contributed by atoms with Gasteiger partial charge in [0.2, 0.25) is 18.6 Å². The van der Waals surface area contributed by atoms with Crippen LogP contribution in [0.2, 0.25) is 0 Å². The van der Waals surface area contributed by atoms with Crippen LogP contribution in [0.25, 0.3) is 0 Å². The second kappa shape index (κ2) is 10.5. The van der Waals surface area contributed by atoms with Crippen molar-refractivity contribution in [2.45, 2.75) is 49.8 Å². The Kier molecular flexibility index (Phi) is 6.99. The summed E-state index contributed by atoms with van der Waals surface area (Å²) in [7, 11) is 0. The van der Waals surface area contributed by atoms with Crippen LogP contribution in [-0.2, 0) is 41.7 Å². The largest absolute Gasteiger partial charge is 0.423 e. The van der Waals surface area contributed by atoms with Gasteiger partial charge < -0.3 is 20.9 Å². The summed E-state index contributed by atoms with van der Waals surface area (Å²) in [5.41, 5.74) is 12.9. The van der Waals surface area contributed by atoms with E-state index < -0.39 is 53.4 Å². The first kappa shape index (κ1) is 27.3. The lowest BCUT2D eigenvalue weighted by atomic mass is 10.0. The summed E-state index contributed by atoms with van der Waals surface area (Å²) in [6, 6.07) is -1.50. The highest BCUT2D eigenvalue weighted by Gasteiger charge is 2.53. The lowest BCUT2D eigenvalue weighted by Crippen LogP contribution is -2.68. The minimum atomic E-state index is -0.884. The SMILES string of the molecule is Cc1nnn(CC2=C(C(=O)OCOC(=O)C3=C(Cn4nnc(C)n4)CS[C@@H]4[C@H](N)C(=O)N34)N3C(=O)[C@@H](N)[C@H]3SC2)n1. The third kappa shape index (κ3) is 4.75. The van der Waals surface area contributed by atoms with Gasteiger partial charge in [0, 0.05) is 11.5 Å². The highest BCUT2D eigenvalue weighted by atomic mass is 32.2. The van der Waals surface area contributed by atoms with Crippen molar-refractivity contribution in [1.82, 2.24) is 50.2 Å². The molecule has 0 radical (unpaired) electrons. The normalized spacial score (nSPS) is 25.5. The number of amides is 2. The molecule has 20 heteroatoms. The first-order chi connectivity index (χ1) is 19.6. The molecule has 2 aromatic rings. The molecule has 4 atom stereocenters. The number of rotatable bonds is 8. The topological polar surface area (TPSA) is 232 Å². The van der Waals surface area contributed by atoms with Crippen LogP contribution in [0.1, 0.15) is 11.6 Å². The fourth-order valence-corrected chi connectivity index (χ4v) is 7.34. The van der Waals surface area contributed by atoms with Crippen molar-refractivity contribution >= 4 is 47.3 Å². The minimum absolute atomic E-state index is 0.00277. The molecule has 6 rings (SSSR count). The minimum Gasteiger partial charge on any atom is -0.423 e. The number of hydrogen-bond donors (Lipinski definition) is 2. The number of nitrogens with zero attached hydrogens (tertiary/aromatic N) is 10. The van der Waals surface area contributed by atoms with E-state index in [1.54, 1.807) is 13.8 Å². The molecular formula is C21H24N12O6S2. The highest BCUT2D eigenvalue weighted by molar-refractivity contribution is 8.00. The van der Waals surface area contributed by atoms with Crippen molar-refractivity contribution in [1.29, 1.82) is 0 Å². The first-order valence-electron chi connectivity index (χ1n) is 12.3. The van der Waals surface area contributed by atoms with Gasteiger partial charge in [-0.05, 0) is 35.4 Å². The summed E-state index contributed by atoms with van der Waals surface area (Å²) >= 11 is 2.81. The molecular weight excluding hydrogens is 580 g/mol. The zero-order valence-electron chi connectivity index (χ0n) is 21.7. The summed E-state index contributed by atoms with van der Waals surface area (Å²) in [6.07, 6.45) is 0. The van der Waals surface area contributed by atoms with Crippen molar-refractivity contribution in [2.75, 3.05) is 18.3 Å². The van der Waals surface area contributed by atoms with E-state index >= 15 is 0 Å². The molecule has 0 aromatic carbocycles. The van der Waals surface area contributed by atoms with Crippen LogP contribution < -0.4 is 11.5 Å². The molecule has 4 N–H and O–H groups in total. The van der Waals surface area contributed by atoms with Crippen molar-refractivity contribution in [2.24, 2.45) is 11.5 Å². The van der Waals surface area contributed by atoms with Crippen LogP contribution in [0.15, 0.2) is 22.5 Å². The maximum absolute atomic E-state index is 13.2. The predicted octanol–water partition coefficient (Wildman–Crippen LogP) is -2.99. The quantitative estimate of drug-likeness (QED) is 0.174. The Morgan fingerprint density at radius 2 is 1.22 bits per heavy atom. The van der Waals surface area contributed by atoms with Gasteiger partial charge in [0.25, 0.3) is 0 Å². The smallest absolute Gasteiger partial charge is 0.358 e. The van der Waals surface area contributed by atoms with Crippen molar-refractivity contribution in [3.63, 3.8) is 0 Å². The van der Waals surface area contributed by atoms with Crippen LogP contribution >= 0.6 is 23.5 Å². The number of fused-ring (bicyclic) bond motifs is 2. The van der Waals surface area contributed by atoms with Gasteiger partial charge in [0.05, 0.1) is 13.1 Å². The van der Waals surface area contributed by atoms with Gasteiger partial charge in [0.15, 0.2) is 11.6 Å². The number of carbonyl (C=O) groups excluding carboxylic acids is 4. The van der Waals surface area contributed by atoms with Crippen LogP contribution in [0.3, 0.4) is 0 Å². The molecule has 0 unspecified atom stereocenters. The maximum atomic E-state index is 13.2. The Morgan fingerprint density at radius 3 is 1.59 bits per heavy atom. The number of aromatic nitrogens is 8. The fourth-order valence-electron chi connectivity index (χ4n) is 4.78. The van der Waals surface area contributed by atoms with E-state index in [9.17, 15) is 19.2 Å². The van der Waals surface area contributed by atoms with Gasteiger partial charge in [-0.1, -0.05) is 0 Å². The van der Waals surface area contributed by atoms with Gasteiger partial charge in [-0.25, -0.2) is 9.59 Å².